The molecule has 1 aliphatic heterocycles. The maximum absolute atomic E-state index is 12.4. The Balaban J connectivity index is 0.00000180. The second kappa shape index (κ2) is 6.70. The van der Waals surface area contributed by atoms with Crippen molar-refractivity contribution in [1.29, 1.82) is 0 Å². The Bertz CT molecular complexity index is 430. The fourth-order valence-electron chi connectivity index (χ4n) is 2.18. The highest BCUT2D eigenvalue weighted by Crippen LogP contribution is 2.23. The number of carbonyl (C=O) groups is 1. The van der Waals surface area contributed by atoms with Gasteiger partial charge in [-0.25, -0.2) is 0 Å². The summed E-state index contributed by atoms with van der Waals surface area (Å²) >= 11 is 1.68. The van der Waals surface area contributed by atoms with Crippen molar-refractivity contribution in [3.63, 3.8) is 0 Å². The topological polar surface area (TPSA) is 55.6 Å². The Morgan fingerprint density at radius 2 is 2.16 bits per heavy atom. The van der Waals surface area contributed by atoms with Crippen molar-refractivity contribution in [2.24, 2.45) is 5.73 Å². The molecule has 0 aliphatic carbocycles. The van der Waals surface area contributed by atoms with E-state index in [9.17, 15) is 4.79 Å². The van der Waals surface area contributed by atoms with E-state index in [2.05, 4.69) is 18.4 Å². The number of amides is 1. The molecule has 0 radical (unpaired) electrons. The summed E-state index contributed by atoms with van der Waals surface area (Å²) in [6.45, 7) is 3.86. The molecule has 1 aliphatic rings. The molecule has 0 atom stereocenters. The molecular formula is C13H21ClN2O2S. The van der Waals surface area contributed by atoms with Crippen LogP contribution >= 0.6 is 23.7 Å². The number of nitrogens with two attached hydrogens (primary N) is 1. The van der Waals surface area contributed by atoms with Crippen molar-refractivity contribution in [3.05, 3.63) is 21.9 Å². The molecule has 0 spiro atoms. The standard InChI is InChI=1S/C13H20N2O2S.ClH/c1-10-3-8-18-11(10)9-15(2)12(16)13(14)4-6-17-7-5-13;/h3,8H,4-7,9,14H2,1-2H3;1H. The first-order valence-corrected chi connectivity index (χ1v) is 7.06. The van der Waals surface area contributed by atoms with Gasteiger partial charge in [-0.05, 0) is 36.8 Å². The molecule has 108 valence electrons. The normalized spacial score (nSPS) is 17.6. The van der Waals surface area contributed by atoms with Gasteiger partial charge in [-0.1, -0.05) is 0 Å². The molecule has 0 aromatic carbocycles. The van der Waals surface area contributed by atoms with Crippen LogP contribution in [0.4, 0.5) is 0 Å². The van der Waals surface area contributed by atoms with Crippen LogP contribution in [0.3, 0.4) is 0 Å². The number of hydrogen-bond donors (Lipinski definition) is 1. The summed E-state index contributed by atoms with van der Waals surface area (Å²) < 4.78 is 5.27. The summed E-state index contributed by atoms with van der Waals surface area (Å²) in [6, 6.07) is 2.07. The number of thiophene rings is 1. The maximum atomic E-state index is 12.4. The molecule has 1 aromatic rings. The van der Waals surface area contributed by atoms with Crippen molar-refractivity contribution < 1.29 is 9.53 Å². The lowest BCUT2D eigenvalue weighted by Crippen LogP contribution is -2.57. The monoisotopic (exact) mass is 304 g/mol. The minimum absolute atomic E-state index is 0. The Hall–Kier alpha value is -0.620. The molecule has 0 unspecified atom stereocenters. The van der Waals surface area contributed by atoms with Gasteiger partial charge in [0.2, 0.25) is 5.91 Å². The van der Waals surface area contributed by atoms with Gasteiger partial charge >= 0.3 is 0 Å². The van der Waals surface area contributed by atoms with Crippen LogP contribution in [-0.2, 0) is 16.1 Å². The summed E-state index contributed by atoms with van der Waals surface area (Å²) in [5, 5.41) is 2.05. The first-order valence-electron chi connectivity index (χ1n) is 6.18. The summed E-state index contributed by atoms with van der Waals surface area (Å²) in [5.41, 5.74) is 6.70. The highest BCUT2D eigenvalue weighted by molar-refractivity contribution is 7.10. The fraction of sp³-hybridized carbons (Fsp3) is 0.615. The molecule has 4 nitrogen and oxygen atoms in total. The van der Waals surface area contributed by atoms with E-state index in [1.807, 2.05) is 7.05 Å². The molecule has 6 heteroatoms. The van der Waals surface area contributed by atoms with Crippen LogP contribution in [0.2, 0.25) is 0 Å². The molecule has 2 rings (SSSR count). The first-order chi connectivity index (χ1) is 8.53. The van der Waals surface area contributed by atoms with Crippen molar-refractivity contribution in [1.82, 2.24) is 4.90 Å². The van der Waals surface area contributed by atoms with E-state index < -0.39 is 5.54 Å². The number of ether oxygens (including phenoxy) is 1. The van der Waals surface area contributed by atoms with Crippen LogP contribution in [-0.4, -0.2) is 36.6 Å². The third-order valence-electron chi connectivity index (χ3n) is 3.51. The van der Waals surface area contributed by atoms with E-state index in [1.54, 1.807) is 16.2 Å². The number of nitrogens with zero attached hydrogens (tertiary/aromatic N) is 1. The summed E-state index contributed by atoms with van der Waals surface area (Å²) in [4.78, 5) is 15.4. The minimum Gasteiger partial charge on any atom is -0.381 e. The number of hydrogen-bond acceptors (Lipinski definition) is 4. The predicted molar refractivity (Wildman–Crippen MR) is 79.7 cm³/mol. The quantitative estimate of drug-likeness (QED) is 0.928. The highest BCUT2D eigenvalue weighted by Gasteiger charge is 2.37. The number of halogens is 1. The number of carbonyl (C=O) groups excluding carboxylic acids is 1. The summed E-state index contributed by atoms with van der Waals surface area (Å²) in [7, 11) is 1.82. The van der Waals surface area contributed by atoms with E-state index in [0.717, 1.165) is 0 Å². The summed E-state index contributed by atoms with van der Waals surface area (Å²) in [5.74, 6) is 0.0265. The second-order valence-electron chi connectivity index (χ2n) is 4.96. The summed E-state index contributed by atoms with van der Waals surface area (Å²) in [6.07, 6.45) is 1.22. The largest absolute Gasteiger partial charge is 0.381 e. The van der Waals surface area contributed by atoms with Crippen molar-refractivity contribution in [2.45, 2.75) is 31.8 Å². The zero-order valence-corrected chi connectivity index (χ0v) is 13.0. The van der Waals surface area contributed by atoms with Crippen molar-refractivity contribution in [2.75, 3.05) is 20.3 Å². The molecule has 0 saturated carbocycles. The number of rotatable bonds is 3. The van der Waals surface area contributed by atoms with Gasteiger partial charge in [0.25, 0.3) is 0 Å². The maximum Gasteiger partial charge on any atom is 0.242 e. The molecule has 1 fully saturated rings. The van der Waals surface area contributed by atoms with Crippen LogP contribution in [0.25, 0.3) is 0 Å². The SMILES string of the molecule is Cc1ccsc1CN(C)C(=O)C1(N)CCOCC1.Cl. The molecule has 1 saturated heterocycles. The predicted octanol–water partition coefficient (Wildman–Crippen LogP) is 1.94. The molecule has 1 amide bonds. The van der Waals surface area contributed by atoms with E-state index in [4.69, 9.17) is 10.5 Å². The third-order valence-corrected chi connectivity index (χ3v) is 4.51. The first kappa shape index (κ1) is 16.4. The van der Waals surface area contributed by atoms with Gasteiger partial charge in [0.1, 0.15) is 0 Å². The van der Waals surface area contributed by atoms with Gasteiger partial charge in [0, 0.05) is 25.1 Å². The molecule has 0 bridgehead atoms. The fourth-order valence-corrected chi connectivity index (χ4v) is 3.14. The van der Waals surface area contributed by atoms with Crippen molar-refractivity contribution in [3.8, 4) is 0 Å². The molecular weight excluding hydrogens is 284 g/mol. The molecule has 2 N–H and O–H groups in total. The Morgan fingerprint density at radius 1 is 1.53 bits per heavy atom. The van der Waals surface area contributed by atoms with E-state index in [0.29, 0.717) is 32.6 Å². The van der Waals surface area contributed by atoms with Gasteiger partial charge < -0.3 is 15.4 Å². The zero-order chi connectivity index (χ0) is 13.2. The van der Waals surface area contributed by atoms with Gasteiger partial charge in [0.05, 0.1) is 12.1 Å². The Labute approximate surface area is 124 Å². The lowest BCUT2D eigenvalue weighted by molar-refractivity contribution is -0.139. The molecule has 1 aromatic heterocycles. The van der Waals surface area contributed by atoms with Crippen LogP contribution in [0, 0.1) is 6.92 Å². The van der Waals surface area contributed by atoms with Gasteiger partial charge in [-0.15, -0.1) is 23.7 Å². The Morgan fingerprint density at radius 3 is 2.68 bits per heavy atom. The lowest BCUT2D eigenvalue weighted by atomic mass is 9.90. The van der Waals surface area contributed by atoms with E-state index in [-0.39, 0.29) is 18.3 Å². The Kier molecular flexibility index (Phi) is 5.80. The van der Waals surface area contributed by atoms with Crippen LogP contribution < -0.4 is 5.73 Å². The van der Waals surface area contributed by atoms with Crippen LogP contribution in [0.15, 0.2) is 11.4 Å². The second-order valence-corrected chi connectivity index (χ2v) is 5.96. The lowest BCUT2D eigenvalue weighted by Gasteiger charge is -2.35. The van der Waals surface area contributed by atoms with Gasteiger partial charge in [-0.2, -0.15) is 0 Å². The highest BCUT2D eigenvalue weighted by atomic mass is 35.5. The number of likely N-dealkylation sites (N-methyl/N-ethyl adjacent to an activating group) is 1. The average Bonchev–Trinajstić information content (AvgIpc) is 2.75. The molecule has 2 heterocycles. The van der Waals surface area contributed by atoms with E-state index >= 15 is 0 Å². The smallest absolute Gasteiger partial charge is 0.242 e. The van der Waals surface area contributed by atoms with Crippen LogP contribution in [0.1, 0.15) is 23.3 Å². The van der Waals surface area contributed by atoms with Gasteiger partial charge in [-0.3, -0.25) is 4.79 Å². The van der Waals surface area contributed by atoms with Crippen LogP contribution in [0.5, 0.6) is 0 Å². The van der Waals surface area contributed by atoms with E-state index in [1.165, 1.54) is 10.4 Å². The third kappa shape index (κ3) is 3.69. The zero-order valence-electron chi connectivity index (χ0n) is 11.3. The van der Waals surface area contributed by atoms with Crippen molar-refractivity contribution >= 4 is 29.7 Å². The van der Waals surface area contributed by atoms with Gasteiger partial charge in [0.15, 0.2) is 0 Å². The average molecular weight is 305 g/mol. The number of aryl methyl sites for hydroxylation is 1. The minimum atomic E-state index is -0.738. The molecule has 19 heavy (non-hydrogen) atoms.